The van der Waals surface area contributed by atoms with Crippen LogP contribution in [0.15, 0.2) is 6.33 Å². The molecule has 0 amide bonds. The number of thiophene rings is 1. The quantitative estimate of drug-likeness (QED) is 0.804. The first-order valence-corrected chi connectivity index (χ1v) is 8.64. The Hall–Kier alpha value is -1.73. The number of aryl methyl sites for hydroxylation is 1. The molecular weight excluding hydrogens is 314 g/mol. The van der Waals surface area contributed by atoms with Crippen LogP contribution in [0, 0.1) is 6.92 Å². The third kappa shape index (κ3) is 3.03. The van der Waals surface area contributed by atoms with Crippen molar-refractivity contribution in [1.29, 1.82) is 0 Å². The zero-order valence-electron chi connectivity index (χ0n) is 13.8. The van der Waals surface area contributed by atoms with Crippen LogP contribution in [-0.4, -0.2) is 47.8 Å². The van der Waals surface area contributed by atoms with Crippen molar-refractivity contribution in [1.82, 2.24) is 9.97 Å². The lowest BCUT2D eigenvalue weighted by atomic mass is 10.1. The standard InChI is InChI=1S/C16H21N3O3S/c1-5-21-16(20)13-11(4)12-14(17-8-18-15(12)23-13)19-6-9(2)22-10(3)7-19/h8-10H,5-7H2,1-4H3/t9-,10-/m0/s1. The van der Waals surface area contributed by atoms with Crippen molar-refractivity contribution < 1.29 is 14.3 Å². The minimum absolute atomic E-state index is 0.146. The predicted molar refractivity (Wildman–Crippen MR) is 90.3 cm³/mol. The molecule has 0 aliphatic carbocycles. The molecule has 1 aliphatic rings. The normalized spacial score (nSPS) is 21.7. The van der Waals surface area contributed by atoms with Crippen molar-refractivity contribution in [3.8, 4) is 0 Å². The number of anilines is 1. The zero-order valence-corrected chi connectivity index (χ0v) is 14.6. The van der Waals surface area contributed by atoms with Gasteiger partial charge in [0, 0.05) is 13.1 Å². The molecule has 0 N–H and O–H groups in total. The summed E-state index contributed by atoms with van der Waals surface area (Å²) in [6.45, 7) is 9.79. The van der Waals surface area contributed by atoms with Gasteiger partial charge in [-0.3, -0.25) is 0 Å². The number of esters is 1. The molecule has 1 saturated heterocycles. The van der Waals surface area contributed by atoms with E-state index < -0.39 is 0 Å². The van der Waals surface area contributed by atoms with Crippen molar-refractivity contribution in [3.63, 3.8) is 0 Å². The van der Waals surface area contributed by atoms with Gasteiger partial charge in [0.05, 0.1) is 24.2 Å². The summed E-state index contributed by atoms with van der Waals surface area (Å²) in [5.74, 6) is 0.587. The van der Waals surface area contributed by atoms with Crippen molar-refractivity contribution in [3.05, 3.63) is 16.8 Å². The molecule has 23 heavy (non-hydrogen) atoms. The Labute approximate surface area is 139 Å². The van der Waals surface area contributed by atoms with Crippen LogP contribution in [0.5, 0.6) is 0 Å². The number of hydrogen-bond acceptors (Lipinski definition) is 7. The lowest BCUT2D eigenvalue weighted by molar-refractivity contribution is -0.00538. The second-order valence-electron chi connectivity index (χ2n) is 5.82. The van der Waals surface area contributed by atoms with Crippen LogP contribution < -0.4 is 4.90 Å². The Balaban J connectivity index is 2.06. The van der Waals surface area contributed by atoms with E-state index in [4.69, 9.17) is 9.47 Å². The summed E-state index contributed by atoms with van der Waals surface area (Å²) in [6.07, 6.45) is 1.85. The highest BCUT2D eigenvalue weighted by Crippen LogP contribution is 2.36. The summed E-state index contributed by atoms with van der Waals surface area (Å²) in [6, 6.07) is 0. The number of rotatable bonds is 3. The number of ether oxygens (including phenoxy) is 2. The molecule has 2 aromatic rings. The van der Waals surface area contributed by atoms with Crippen molar-refractivity contribution >= 4 is 33.3 Å². The molecule has 6 nitrogen and oxygen atoms in total. The second kappa shape index (κ2) is 6.41. The highest BCUT2D eigenvalue weighted by Gasteiger charge is 2.27. The molecule has 3 rings (SSSR count). The minimum Gasteiger partial charge on any atom is -0.462 e. The van der Waals surface area contributed by atoms with E-state index >= 15 is 0 Å². The Morgan fingerprint density at radius 2 is 2.09 bits per heavy atom. The number of nitrogens with zero attached hydrogens (tertiary/aromatic N) is 3. The van der Waals surface area contributed by atoms with Gasteiger partial charge in [0.2, 0.25) is 0 Å². The molecular formula is C16H21N3O3S. The summed E-state index contributed by atoms with van der Waals surface area (Å²) in [7, 11) is 0. The zero-order chi connectivity index (χ0) is 16.6. The van der Waals surface area contributed by atoms with Crippen LogP contribution >= 0.6 is 11.3 Å². The highest BCUT2D eigenvalue weighted by molar-refractivity contribution is 7.20. The Morgan fingerprint density at radius 3 is 2.74 bits per heavy atom. The lowest BCUT2D eigenvalue weighted by Gasteiger charge is -2.36. The van der Waals surface area contributed by atoms with Gasteiger partial charge >= 0.3 is 5.97 Å². The highest BCUT2D eigenvalue weighted by atomic mass is 32.1. The van der Waals surface area contributed by atoms with E-state index in [9.17, 15) is 4.79 Å². The van der Waals surface area contributed by atoms with Gasteiger partial charge in [-0.15, -0.1) is 11.3 Å². The molecule has 2 atom stereocenters. The molecule has 7 heteroatoms. The summed E-state index contributed by atoms with van der Waals surface area (Å²) in [5, 5.41) is 0.946. The van der Waals surface area contributed by atoms with Gasteiger partial charge in [-0.05, 0) is 33.3 Å². The molecule has 2 aromatic heterocycles. The minimum atomic E-state index is -0.289. The Bertz CT molecular complexity index is 721. The third-order valence-electron chi connectivity index (χ3n) is 3.89. The Morgan fingerprint density at radius 1 is 1.39 bits per heavy atom. The summed E-state index contributed by atoms with van der Waals surface area (Å²) in [5.41, 5.74) is 0.894. The van der Waals surface area contributed by atoms with E-state index in [1.165, 1.54) is 11.3 Å². The van der Waals surface area contributed by atoms with E-state index in [0.29, 0.717) is 11.5 Å². The summed E-state index contributed by atoms with van der Waals surface area (Å²) < 4.78 is 10.9. The first kappa shape index (κ1) is 16.1. The lowest BCUT2D eigenvalue weighted by Crippen LogP contribution is -2.46. The fraction of sp³-hybridized carbons (Fsp3) is 0.562. The first-order chi connectivity index (χ1) is 11.0. The number of aromatic nitrogens is 2. The van der Waals surface area contributed by atoms with E-state index in [2.05, 4.69) is 28.7 Å². The monoisotopic (exact) mass is 335 g/mol. The molecule has 0 spiro atoms. The van der Waals surface area contributed by atoms with Crippen LogP contribution in [0.4, 0.5) is 5.82 Å². The number of hydrogen-bond donors (Lipinski definition) is 0. The number of fused-ring (bicyclic) bond motifs is 1. The van der Waals surface area contributed by atoms with Gasteiger partial charge in [-0.1, -0.05) is 0 Å². The van der Waals surface area contributed by atoms with Gasteiger partial charge in [0.1, 0.15) is 21.9 Å². The van der Waals surface area contributed by atoms with Crippen LogP contribution in [0.2, 0.25) is 0 Å². The van der Waals surface area contributed by atoms with E-state index in [0.717, 1.165) is 34.7 Å². The topological polar surface area (TPSA) is 64.5 Å². The fourth-order valence-electron chi connectivity index (χ4n) is 3.03. The molecule has 1 fully saturated rings. The molecule has 0 radical (unpaired) electrons. The average molecular weight is 335 g/mol. The molecule has 1 aliphatic heterocycles. The van der Waals surface area contributed by atoms with Crippen LogP contribution in [0.25, 0.3) is 10.2 Å². The van der Waals surface area contributed by atoms with E-state index in [1.54, 1.807) is 6.33 Å². The van der Waals surface area contributed by atoms with E-state index in [1.807, 2.05) is 13.8 Å². The average Bonchev–Trinajstić information content (AvgIpc) is 2.84. The largest absolute Gasteiger partial charge is 0.462 e. The van der Waals surface area contributed by atoms with Gasteiger partial charge < -0.3 is 14.4 Å². The molecule has 3 heterocycles. The maximum atomic E-state index is 12.1. The first-order valence-electron chi connectivity index (χ1n) is 7.82. The Kier molecular flexibility index (Phi) is 4.50. The van der Waals surface area contributed by atoms with Gasteiger partial charge in [0.15, 0.2) is 0 Å². The van der Waals surface area contributed by atoms with Crippen LogP contribution in [-0.2, 0) is 9.47 Å². The summed E-state index contributed by atoms with van der Waals surface area (Å²) >= 11 is 1.37. The number of carbonyl (C=O) groups is 1. The van der Waals surface area contributed by atoms with Crippen LogP contribution in [0.1, 0.15) is 36.0 Å². The van der Waals surface area contributed by atoms with Crippen molar-refractivity contribution in [2.45, 2.75) is 39.9 Å². The van der Waals surface area contributed by atoms with Crippen molar-refractivity contribution in [2.24, 2.45) is 0 Å². The molecule has 124 valence electrons. The van der Waals surface area contributed by atoms with Gasteiger partial charge in [-0.25, -0.2) is 14.8 Å². The maximum absolute atomic E-state index is 12.1. The van der Waals surface area contributed by atoms with Crippen molar-refractivity contribution in [2.75, 3.05) is 24.6 Å². The van der Waals surface area contributed by atoms with Gasteiger partial charge in [0.25, 0.3) is 0 Å². The fourth-order valence-corrected chi connectivity index (χ4v) is 4.07. The predicted octanol–water partition coefficient (Wildman–Crippen LogP) is 2.79. The molecule has 0 bridgehead atoms. The smallest absolute Gasteiger partial charge is 0.348 e. The molecule has 0 saturated carbocycles. The molecule has 0 unspecified atom stereocenters. The number of carbonyl (C=O) groups excluding carboxylic acids is 1. The number of morpholine rings is 1. The molecule has 0 aromatic carbocycles. The maximum Gasteiger partial charge on any atom is 0.348 e. The second-order valence-corrected chi connectivity index (χ2v) is 6.82. The van der Waals surface area contributed by atoms with Crippen LogP contribution in [0.3, 0.4) is 0 Å². The third-order valence-corrected chi connectivity index (χ3v) is 5.07. The van der Waals surface area contributed by atoms with E-state index in [-0.39, 0.29) is 18.2 Å². The SMILES string of the molecule is CCOC(=O)c1sc2ncnc(N3C[C@H](C)O[C@@H](C)C3)c2c1C. The van der Waals surface area contributed by atoms with Gasteiger partial charge in [-0.2, -0.15) is 0 Å². The summed E-state index contributed by atoms with van der Waals surface area (Å²) in [4.78, 5) is 24.6.